The van der Waals surface area contributed by atoms with Crippen LogP contribution >= 0.6 is 23.5 Å². The van der Waals surface area contributed by atoms with Crippen molar-refractivity contribution >= 4 is 29.2 Å². The topological polar surface area (TPSA) is 50.2 Å². The summed E-state index contributed by atoms with van der Waals surface area (Å²) in [7, 11) is 1.71. The van der Waals surface area contributed by atoms with Crippen molar-refractivity contribution in [1.82, 2.24) is 14.1 Å². The van der Waals surface area contributed by atoms with Crippen molar-refractivity contribution < 1.29 is 4.39 Å². The Bertz CT molecular complexity index is 760. The van der Waals surface area contributed by atoms with Crippen LogP contribution in [0.1, 0.15) is 18.9 Å². The number of nitrogens with one attached hydrogen (secondary N) is 1. The first kappa shape index (κ1) is 17.3. The fourth-order valence-electron chi connectivity index (χ4n) is 2.70. The molecule has 0 unspecified atom stereocenters. The predicted octanol–water partition coefficient (Wildman–Crippen LogP) is 3.42. The molecule has 24 heavy (non-hydrogen) atoms. The molecular weight excluding hydrogens is 351 g/mol. The quantitative estimate of drug-likeness (QED) is 0.838. The molecule has 8 heteroatoms. The number of hydrogen-bond acceptors (Lipinski definition) is 5. The van der Waals surface area contributed by atoms with Gasteiger partial charge in [-0.05, 0) is 49.1 Å². The molecule has 1 aliphatic heterocycles. The van der Waals surface area contributed by atoms with E-state index < -0.39 is 0 Å². The average molecular weight is 369 g/mol. The molecule has 128 valence electrons. The van der Waals surface area contributed by atoms with Crippen LogP contribution in [0.15, 0.2) is 40.2 Å². The highest BCUT2D eigenvalue weighted by Crippen LogP contribution is 2.30. The van der Waals surface area contributed by atoms with E-state index in [1.807, 2.05) is 0 Å². The minimum absolute atomic E-state index is 0.0472. The highest BCUT2D eigenvalue weighted by atomic mass is 35.5. The number of aromatic nitrogens is 2. The van der Waals surface area contributed by atoms with Crippen LogP contribution in [-0.2, 0) is 0 Å². The largest absolute Gasteiger partial charge is 0.385 e. The number of halogens is 2. The van der Waals surface area contributed by atoms with E-state index in [1.54, 1.807) is 37.3 Å². The summed E-state index contributed by atoms with van der Waals surface area (Å²) in [6.45, 7) is 1.65. The molecule has 0 atom stereocenters. The Kier molecular flexibility index (Phi) is 5.43. The monoisotopic (exact) mass is 368 g/mol. The minimum Gasteiger partial charge on any atom is -0.385 e. The fraction of sp³-hybridized carbons (Fsp3) is 0.375. The number of piperidine rings is 1. The van der Waals surface area contributed by atoms with Gasteiger partial charge in [-0.15, -0.1) is 0 Å². The maximum atomic E-state index is 13.0. The summed E-state index contributed by atoms with van der Waals surface area (Å²) in [5.74, 6) is -0.231. The maximum absolute atomic E-state index is 13.0. The van der Waals surface area contributed by atoms with Crippen molar-refractivity contribution in [2.24, 2.45) is 0 Å². The second-order valence-corrected chi connectivity index (χ2v) is 7.13. The molecule has 2 aromatic rings. The molecule has 0 radical (unpaired) electrons. The summed E-state index contributed by atoms with van der Waals surface area (Å²) in [5.41, 5.74) is 0.287. The molecule has 0 spiro atoms. The smallest absolute Gasteiger partial charge is 0.287 e. The number of anilines is 1. The van der Waals surface area contributed by atoms with Gasteiger partial charge in [0.15, 0.2) is 0 Å². The molecule has 1 saturated heterocycles. The molecule has 2 heterocycles. The molecule has 1 aliphatic rings. The molecule has 5 nitrogen and oxygen atoms in total. The number of benzene rings is 1. The molecule has 3 rings (SSSR count). The zero-order valence-corrected chi connectivity index (χ0v) is 14.8. The number of rotatable bonds is 4. The Morgan fingerprint density at radius 3 is 2.58 bits per heavy atom. The zero-order chi connectivity index (χ0) is 17.1. The number of hydrogen-bond donors (Lipinski definition) is 1. The van der Waals surface area contributed by atoms with Crippen LogP contribution in [0.3, 0.4) is 0 Å². The average Bonchev–Trinajstić information content (AvgIpc) is 2.60. The van der Waals surface area contributed by atoms with Crippen LogP contribution in [0.2, 0.25) is 5.02 Å². The van der Waals surface area contributed by atoms with Crippen LogP contribution in [0.5, 0.6) is 0 Å². The van der Waals surface area contributed by atoms with Gasteiger partial charge >= 0.3 is 0 Å². The molecule has 0 bridgehead atoms. The SMILES string of the molecule is CNc1cnn(C2CCN(Sc3ccc(F)cc3)CC2)c(=O)c1Cl. The Hall–Kier alpha value is -1.57. The third-order valence-electron chi connectivity index (χ3n) is 4.03. The van der Waals surface area contributed by atoms with Crippen molar-refractivity contribution in [2.75, 3.05) is 25.5 Å². The number of nitrogens with zero attached hydrogens (tertiary/aromatic N) is 3. The molecule has 0 amide bonds. The molecule has 1 fully saturated rings. The van der Waals surface area contributed by atoms with Crippen molar-refractivity contribution in [1.29, 1.82) is 0 Å². The third kappa shape index (κ3) is 3.74. The van der Waals surface area contributed by atoms with Gasteiger partial charge in [0.05, 0.1) is 17.9 Å². The van der Waals surface area contributed by atoms with Crippen LogP contribution in [0, 0.1) is 5.82 Å². The molecular formula is C16H18ClFN4OS. The molecule has 0 aliphatic carbocycles. The Morgan fingerprint density at radius 1 is 1.29 bits per heavy atom. The van der Waals surface area contributed by atoms with E-state index in [0.717, 1.165) is 30.8 Å². The van der Waals surface area contributed by atoms with Crippen molar-refractivity contribution in [3.8, 4) is 0 Å². The summed E-state index contributed by atoms with van der Waals surface area (Å²) in [5, 5.41) is 7.28. The lowest BCUT2D eigenvalue weighted by atomic mass is 10.1. The van der Waals surface area contributed by atoms with Gasteiger partial charge in [-0.2, -0.15) is 5.10 Å². The molecule has 0 saturated carbocycles. The van der Waals surface area contributed by atoms with E-state index in [-0.39, 0.29) is 22.4 Å². The minimum atomic E-state index is -0.256. The van der Waals surface area contributed by atoms with Gasteiger partial charge < -0.3 is 5.32 Å². The Labute approximate surface area is 148 Å². The lowest BCUT2D eigenvalue weighted by Crippen LogP contribution is -2.36. The summed E-state index contributed by atoms with van der Waals surface area (Å²) in [4.78, 5) is 13.3. The standard InChI is InChI=1S/C16H18ClFN4OS/c1-19-14-10-20-22(16(23)15(14)17)12-6-8-21(9-7-12)24-13-4-2-11(18)3-5-13/h2-5,10,12,19H,6-9H2,1H3. The summed E-state index contributed by atoms with van der Waals surface area (Å²) in [6, 6.07) is 6.52. The van der Waals surface area contributed by atoms with Gasteiger partial charge in [0.2, 0.25) is 0 Å². The van der Waals surface area contributed by atoms with Gasteiger partial charge in [-0.3, -0.25) is 4.79 Å². The van der Waals surface area contributed by atoms with E-state index in [2.05, 4.69) is 14.7 Å². The second kappa shape index (κ2) is 7.55. The Balaban J connectivity index is 1.64. The first-order chi connectivity index (χ1) is 11.6. The molecule has 1 aromatic carbocycles. The van der Waals surface area contributed by atoms with Gasteiger partial charge in [-0.25, -0.2) is 13.4 Å². The lowest BCUT2D eigenvalue weighted by Gasteiger charge is -2.31. The zero-order valence-electron chi connectivity index (χ0n) is 13.2. The van der Waals surface area contributed by atoms with Gasteiger partial charge in [0, 0.05) is 25.0 Å². The van der Waals surface area contributed by atoms with Crippen molar-refractivity contribution in [3.05, 3.63) is 51.7 Å². The first-order valence-corrected chi connectivity index (χ1v) is 8.87. The lowest BCUT2D eigenvalue weighted by molar-refractivity contribution is 0.269. The van der Waals surface area contributed by atoms with Crippen LogP contribution in [-0.4, -0.2) is 34.2 Å². The highest BCUT2D eigenvalue weighted by Gasteiger charge is 2.24. The molecule has 1 N–H and O–H groups in total. The summed E-state index contributed by atoms with van der Waals surface area (Å²) >= 11 is 7.69. The van der Waals surface area contributed by atoms with Gasteiger partial charge in [0.1, 0.15) is 10.8 Å². The second-order valence-electron chi connectivity index (χ2n) is 5.58. The van der Waals surface area contributed by atoms with Gasteiger partial charge in [-0.1, -0.05) is 11.6 Å². The van der Waals surface area contributed by atoms with Crippen LogP contribution < -0.4 is 10.9 Å². The van der Waals surface area contributed by atoms with E-state index in [9.17, 15) is 9.18 Å². The first-order valence-electron chi connectivity index (χ1n) is 7.72. The van der Waals surface area contributed by atoms with E-state index in [0.29, 0.717) is 5.69 Å². The normalized spacial score (nSPS) is 16.3. The van der Waals surface area contributed by atoms with Crippen LogP contribution in [0.4, 0.5) is 10.1 Å². The maximum Gasteiger partial charge on any atom is 0.287 e. The predicted molar refractivity (Wildman–Crippen MR) is 95.2 cm³/mol. The summed E-state index contributed by atoms with van der Waals surface area (Å²) < 4.78 is 16.7. The van der Waals surface area contributed by atoms with E-state index in [4.69, 9.17) is 11.6 Å². The summed E-state index contributed by atoms with van der Waals surface area (Å²) in [6.07, 6.45) is 3.22. The molecule has 1 aromatic heterocycles. The highest BCUT2D eigenvalue weighted by molar-refractivity contribution is 7.97. The van der Waals surface area contributed by atoms with Gasteiger partial charge in [0.25, 0.3) is 5.56 Å². The van der Waals surface area contributed by atoms with E-state index >= 15 is 0 Å². The van der Waals surface area contributed by atoms with E-state index in [1.165, 1.54) is 16.8 Å². The van der Waals surface area contributed by atoms with Crippen molar-refractivity contribution in [2.45, 2.75) is 23.8 Å². The fourth-order valence-corrected chi connectivity index (χ4v) is 3.88. The van der Waals surface area contributed by atoms with Crippen molar-refractivity contribution in [3.63, 3.8) is 0 Å². The Morgan fingerprint density at radius 2 is 1.96 bits per heavy atom. The van der Waals surface area contributed by atoms with Crippen LogP contribution in [0.25, 0.3) is 0 Å². The third-order valence-corrected chi connectivity index (χ3v) is 5.50.